The molecule has 16 aliphatic rings. The van der Waals surface area contributed by atoms with Crippen molar-refractivity contribution in [3.63, 3.8) is 0 Å². The third-order valence-electron chi connectivity index (χ3n) is 19.4. The Kier molecular flexibility index (Phi) is 17.2. The van der Waals surface area contributed by atoms with Gasteiger partial charge in [-0.3, -0.25) is 5.21 Å². The quantitative estimate of drug-likeness (QED) is 0.0741. The first-order valence-electron chi connectivity index (χ1n) is 28.9. The van der Waals surface area contributed by atoms with Crippen molar-refractivity contribution >= 4 is 73.0 Å². The number of fused-ring (bicyclic) bond motifs is 4. The second-order valence-corrected chi connectivity index (χ2v) is 27.0. The van der Waals surface area contributed by atoms with Crippen LogP contribution in [0.2, 0.25) is 0 Å². The van der Waals surface area contributed by atoms with E-state index in [4.69, 9.17) is 18.3 Å². The van der Waals surface area contributed by atoms with Crippen LogP contribution in [0.25, 0.3) is 11.1 Å². The molecule has 12 aliphatic carbocycles. The van der Waals surface area contributed by atoms with Gasteiger partial charge in [-0.1, -0.05) is 0 Å². The lowest BCUT2D eigenvalue weighted by molar-refractivity contribution is -0.330. The van der Waals surface area contributed by atoms with E-state index >= 15 is 0 Å². The second-order valence-electron chi connectivity index (χ2n) is 25.0. The van der Waals surface area contributed by atoms with Gasteiger partial charge < -0.3 is 38.0 Å². The topological polar surface area (TPSA) is 228 Å². The molecular formula is C56H68Br2F6N6O13. The highest BCUT2D eigenvalue weighted by Gasteiger charge is 2.57. The first-order chi connectivity index (χ1) is 39.4. The van der Waals surface area contributed by atoms with E-state index in [1.54, 1.807) is 17.2 Å². The molecule has 2 N–H and O–H groups in total. The number of aromatic nitrogens is 2. The Balaban J connectivity index is 0.000000118. The summed E-state index contributed by atoms with van der Waals surface area (Å²) in [5, 5.41) is 20.6. The molecule has 14 fully saturated rings. The van der Waals surface area contributed by atoms with Crippen molar-refractivity contribution in [1.82, 2.24) is 29.9 Å². The van der Waals surface area contributed by atoms with Crippen LogP contribution in [0.3, 0.4) is 0 Å². The number of carbonyl (C=O) groups excluding carboxylic acids is 5. The Hall–Kier alpha value is -4.73. The largest absolute Gasteiger partial charge is 0.477 e. The Morgan fingerprint density at radius 2 is 0.976 bits per heavy atom. The van der Waals surface area contributed by atoms with Gasteiger partial charge in [0.05, 0.1) is 50.3 Å². The lowest BCUT2D eigenvalue weighted by Gasteiger charge is -2.53. The summed E-state index contributed by atoms with van der Waals surface area (Å²) in [6.07, 6.45) is 21.7. The second kappa shape index (κ2) is 23.9. The molecule has 18 rings (SSSR count). The van der Waals surface area contributed by atoms with Gasteiger partial charge in [0.2, 0.25) is 11.8 Å². The molecule has 4 aliphatic heterocycles. The highest BCUT2D eigenvalue weighted by molar-refractivity contribution is 9.10. The molecule has 12 saturated carbocycles. The predicted molar refractivity (Wildman–Crippen MR) is 283 cm³/mol. The smallest absolute Gasteiger partial charge is 0.461 e. The number of oxazole rings is 2. The van der Waals surface area contributed by atoms with Crippen molar-refractivity contribution in [2.45, 2.75) is 149 Å². The summed E-state index contributed by atoms with van der Waals surface area (Å²) in [4.78, 5) is 66.2. The molecule has 0 radical (unpaired) electrons. The van der Waals surface area contributed by atoms with Crippen LogP contribution >= 0.6 is 31.9 Å². The van der Waals surface area contributed by atoms with Crippen LogP contribution in [0.5, 0.6) is 0 Å². The molecular weight excluding hydrogens is 1240 g/mol. The number of carbonyl (C=O) groups is 5. The molecule has 2 unspecified atom stereocenters. The average molecular weight is 1310 g/mol. The zero-order chi connectivity index (χ0) is 58.9. The molecule has 6 heterocycles. The number of halogens is 8. The van der Waals surface area contributed by atoms with Gasteiger partial charge in [-0.15, -0.1) is 0 Å². The summed E-state index contributed by atoms with van der Waals surface area (Å²) >= 11 is 3.90. The molecule has 2 atom stereocenters. The fraction of sp³-hybridized carbons (Fsp3) is 0.732. The Morgan fingerprint density at radius 3 is 1.35 bits per heavy atom. The minimum absolute atomic E-state index is 0.0416. The summed E-state index contributed by atoms with van der Waals surface area (Å²) in [5.74, 6) is 3.26. The summed E-state index contributed by atoms with van der Waals surface area (Å²) in [6, 6.07) is -2.15. The maximum atomic E-state index is 14.7. The predicted octanol–water partition coefficient (Wildman–Crippen LogP) is 10.3. The monoisotopic (exact) mass is 1300 g/mol. The van der Waals surface area contributed by atoms with Gasteiger partial charge in [0.15, 0.2) is 0 Å². The van der Waals surface area contributed by atoms with Gasteiger partial charge >= 0.3 is 45.7 Å². The van der Waals surface area contributed by atoms with Crippen LogP contribution in [0.15, 0.2) is 45.9 Å². The highest BCUT2D eigenvalue weighted by atomic mass is 79.9. The molecule has 19 nitrogen and oxygen atoms in total. The van der Waals surface area contributed by atoms with Crippen LogP contribution in [0.1, 0.15) is 115 Å². The van der Waals surface area contributed by atoms with E-state index in [0.717, 1.165) is 85.7 Å². The first-order valence-corrected chi connectivity index (χ1v) is 30.5. The molecule has 2 saturated heterocycles. The molecule has 0 spiro atoms. The number of urea groups is 2. The number of hydrogen-bond donors (Lipinski definition) is 2. The number of esters is 3. The Morgan fingerprint density at radius 1 is 0.590 bits per heavy atom. The van der Waals surface area contributed by atoms with Crippen molar-refractivity contribution in [2.75, 3.05) is 32.8 Å². The van der Waals surface area contributed by atoms with Gasteiger partial charge in [0.25, 0.3) is 0 Å². The van der Waals surface area contributed by atoms with Crippen LogP contribution in [0, 0.1) is 71.0 Å². The lowest BCUT2D eigenvalue weighted by Crippen LogP contribution is -2.52. The molecule has 16 bridgehead atoms. The van der Waals surface area contributed by atoms with E-state index in [1.165, 1.54) is 75.5 Å². The van der Waals surface area contributed by atoms with Crippen molar-refractivity contribution in [2.24, 2.45) is 71.0 Å². The van der Waals surface area contributed by atoms with E-state index in [1.807, 2.05) is 22.0 Å². The Bertz CT molecular complexity index is 2680. The van der Waals surface area contributed by atoms with E-state index in [-0.39, 0.29) is 55.8 Å². The molecule has 83 heavy (non-hydrogen) atoms. The fourth-order valence-electron chi connectivity index (χ4n) is 16.8. The third kappa shape index (κ3) is 13.0. The van der Waals surface area contributed by atoms with Gasteiger partial charge in [0.1, 0.15) is 24.7 Å². The van der Waals surface area contributed by atoms with Gasteiger partial charge in [0, 0.05) is 56.1 Å². The van der Waals surface area contributed by atoms with Crippen LogP contribution in [-0.4, -0.2) is 149 Å². The number of aliphatic hydroxyl groups is 1. The van der Waals surface area contributed by atoms with E-state index < -0.39 is 51.9 Å². The van der Waals surface area contributed by atoms with Crippen molar-refractivity contribution in [3.8, 4) is 0 Å². The lowest BCUT2D eigenvalue weighted by atomic mass is 9.55. The average Bonchev–Trinajstić information content (AvgIpc) is 3.91. The standard InChI is InChI=1S/C21H23F2N3O5.C12H15BrF2O2.C10H16O.C9H9N3O3.C4H5BrF2O2/c22-21(23,19(27)30-17-13-4-11-3-12(6-13)7-14(17)5-11)31-26-16-8-15(18-24-1-2-29-18)9-25(10-16)20(26)28;13-12(14,15)11(16)17-10-8-2-6-1-7(4-8)5-9(10)3-6;11-10-8-2-6-1-7(4-8)5-9(10)3-6;13-9-11-4-6(8-10-1-2-15-8)3-7(5-11)12(9)14;1-2-9-3(8)4(5,6)7/h1-2,8,11-14,16-17H,3-7,9-10H2;6-10H,1-5H2;6-11H,1-5H2;1-3,7,14H,4-5H2;2H2,1H3. The molecule has 4 amide bonds. The van der Waals surface area contributed by atoms with Crippen LogP contribution < -0.4 is 0 Å². The van der Waals surface area contributed by atoms with Gasteiger partial charge in [-0.2, -0.15) is 41.3 Å². The summed E-state index contributed by atoms with van der Waals surface area (Å²) < 4.78 is 103. The maximum absolute atomic E-state index is 14.7. The van der Waals surface area contributed by atoms with Gasteiger partial charge in [-0.25, -0.2) is 33.9 Å². The number of aliphatic hydroxyl groups excluding tert-OH is 1. The SMILES string of the molecule is CCOC(=O)C(F)(F)Br.O=C(OC1C2CC3CC(C2)CC1C3)C(F)(F)Br.O=C1N2CC(c3ncco3)=CC(C2)N1O.O=C1N2CC(c3ncco3)=CC(C2)N1OC(F)(F)C(=O)OC1C2CC3CC(C2)CC1C3.OC1C2CC3CC(C2)CC1C3. The van der Waals surface area contributed by atoms with E-state index in [9.17, 15) is 60.6 Å². The fourth-order valence-corrected chi connectivity index (χ4v) is 17.0. The van der Waals surface area contributed by atoms with Gasteiger partial charge in [-0.05, 0) is 186 Å². The number of alkyl halides is 8. The number of nitrogens with zero attached hydrogens (tertiary/aromatic N) is 6. The summed E-state index contributed by atoms with van der Waals surface area (Å²) in [6.45, 7) is 2.73. The van der Waals surface area contributed by atoms with E-state index in [0.29, 0.717) is 71.0 Å². The van der Waals surface area contributed by atoms with Crippen LogP contribution in [-0.2, 0) is 33.4 Å². The van der Waals surface area contributed by atoms with Crippen LogP contribution in [0.4, 0.5) is 35.9 Å². The van der Waals surface area contributed by atoms with E-state index in [2.05, 4.69) is 35.5 Å². The molecule has 2 aromatic rings. The number of hydroxylamine groups is 4. The normalized spacial score (nSPS) is 36.2. The minimum atomic E-state index is -4.25. The summed E-state index contributed by atoms with van der Waals surface area (Å²) in [7, 11) is 0. The molecule has 27 heteroatoms. The number of hydrogen-bond acceptors (Lipinski definition) is 15. The minimum Gasteiger partial charge on any atom is -0.461 e. The highest BCUT2D eigenvalue weighted by Crippen LogP contribution is 2.57. The zero-order valence-electron chi connectivity index (χ0n) is 45.5. The summed E-state index contributed by atoms with van der Waals surface area (Å²) in [5.41, 5.74) is 1.43. The first kappa shape index (κ1) is 60.0. The maximum Gasteiger partial charge on any atom is 0.477 e. The molecule has 0 aromatic carbocycles. The number of rotatable bonds is 10. The Labute approximate surface area is 491 Å². The molecule has 456 valence electrons. The van der Waals surface area contributed by atoms with Crippen molar-refractivity contribution in [1.29, 1.82) is 0 Å². The van der Waals surface area contributed by atoms with Crippen molar-refractivity contribution < 1.29 is 88.5 Å². The number of ether oxygens (including phenoxy) is 3. The number of amides is 4. The van der Waals surface area contributed by atoms with Crippen molar-refractivity contribution in [3.05, 3.63) is 48.9 Å². The molecule has 2 aromatic heterocycles. The third-order valence-corrected chi connectivity index (χ3v) is 20.1. The zero-order valence-corrected chi connectivity index (χ0v) is 48.7.